The second-order valence-electron chi connectivity index (χ2n) is 5.17. The van der Waals surface area contributed by atoms with Gasteiger partial charge in [-0.3, -0.25) is 0 Å². The van der Waals surface area contributed by atoms with E-state index < -0.39 is 0 Å². The number of ether oxygens (including phenoxy) is 1. The molecule has 0 saturated heterocycles. The van der Waals surface area contributed by atoms with Crippen LogP contribution in [-0.4, -0.2) is 13.7 Å². The Morgan fingerprint density at radius 3 is 2.68 bits per heavy atom. The number of rotatable bonds is 4. The first kappa shape index (κ1) is 14.5. The van der Waals surface area contributed by atoms with Gasteiger partial charge in [0, 0.05) is 7.11 Å². The molecule has 0 bridgehead atoms. The van der Waals surface area contributed by atoms with E-state index in [0.29, 0.717) is 18.4 Å². The molecule has 2 rings (SSSR count). The van der Waals surface area contributed by atoms with E-state index in [-0.39, 0.29) is 10.8 Å². The fourth-order valence-corrected chi connectivity index (χ4v) is 2.87. The molecule has 0 aliphatic heterocycles. The van der Waals surface area contributed by atoms with E-state index in [2.05, 4.69) is 12.2 Å². The Hall–Kier alpha value is -0.860. The van der Waals surface area contributed by atoms with Crippen molar-refractivity contribution in [1.29, 1.82) is 0 Å². The average molecular weight is 283 g/mol. The van der Waals surface area contributed by atoms with Gasteiger partial charge in [-0.05, 0) is 55.2 Å². The zero-order valence-electron chi connectivity index (χ0n) is 11.2. The van der Waals surface area contributed by atoms with Gasteiger partial charge in [0.05, 0.1) is 11.6 Å². The molecule has 1 saturated carbocycles. The Bertz CT molecular complexity index is 436. The van der Waals surface area contributed by atoms with Gasteiger partial charge in [0.15, 0.2) is 0 Å². The molecule has 0 heterocycles. The van der Waals surface area contributed by atoms with E-state index in [4.69, 9.17) is 16.3 Å². The lowest BCUT2D eigenvalue weighted by Gasteiger charge is -2.27. The minimum atomic E-state index is -0.304. The molecule has 1 aromatic carbocycles. The van der Waals surface area contributed by atoms with Gasteiger partial charge < -0.3 is 4.74 Å². The van der Waals surface area contributed by atoms with Crippen molar-refractivity contribution in [3.8, 4) is 0 Å². The lowest BCUT2D eigenvalue weighted by molar-refractivity contribution is 0.233. The first-order chi connectivity index (χ1) is 9.20. The minimum absolute atomic E-state index is 0.208. The van der Waals surface area contributed by atoms with Crippen LogP contribution in [-0.2, 0) is 4.74 Å². The summed E-state index contributed by atoms with van der Waals surface area (Å²) in [6, 6.07) is 5.21. The highest BCUT2D eigenvalue weighted by molar-refractivity contribution is 6.30. The Kier molecular flexibility index (Phi) is 5.41. The molecule has 19 heavy (non-hydrogen) atoms. The molecular weight excluding hydrogens is 263 g/mol. The van der Waals surface area contributed by atoms with Crippen LogP contribution in [0.4, 0.5) is 4.39 Å². The largest absolute Gasteiger partial charge is 0.381 e. The highest BCUT2D eigenvalue weighted by Gasteiger charge is 2.21. The van der Waals surface area contributed by atoms with Crippen LogP contribution in [0.15, 0.2) is 30.4 Å². The third kappa shape index (κ3) is 4.05. The predicted molar refractivity (Wildman–Crippen MR) is 77.1 cm³/mol. The monoisotopic (exact) mass is 282 g/mol. The Morgan fingerprint density at radius 1 is 1.32 bits per heavy atom. The molecular formula is C16H20ClFO. The van der Waals surface area contributed by atoms with Crippen LogP contribution in [0.5, 0.6) is 0 Å². The number of allylic oxidation sites excluding steroid dienone is 1. The SMILES string of the molecule is COCC=CC1CCC(c2ccc(Cl)c(F)c2)CC1. The minimum Gasteiger partial charge on any atom is -0.381 e. The molecule has 0 amide bonds. The smallest absolute Gasteiger partial charge is 0.142 e. The topological polar surface area (TPSA) is 9.23 Å². The first-order valence-corrected chi connectivity index (χ1v) is 7.19. The molecule has 1 fully saturated rings. The summed E-state index contributed by atoms with van der Waals surface area (Å²) in [5, 5.41) is 0.208. The average Bonchev–Trinajstić information content (AvgIpc) is 2.43. The van der Waals surface area contributed by atoms with Crippen molar-refractivity contribution < 1.29 is 9.13 Å². The maximum Gasteiger partial charge on any atom is 0.142 e. The van der Waals surface area contributed by atoms with Crippen molar-refractivity contribution >= 4 is 11.6 Å². The second-order valence-corrected chi connectivity index (χ2v) is 5.58. The predicted octanol–water partition coefficient (Wildman–Crippen LogP) is 4.96. The van der Waals surface area contributed by atoms with Crippen molar-refractivity contribution in [3.05, 3.63) is 46.8 Å². The number of hydrogen-bond acceptors (Lipinski definition) is 1. The molecule has 0 N–H and O–H groups in total. The van der Waals surface area contributed by atoms with Crippen LogP contribution in [0.1, 0.15) is 37.2 Å². The van der Waals surface area contributed by atoms with Gasteiger partial charge in [-0.15, -0.1) is 0 Å². The van der Waals surface area contributed by atoms with Gasteiger partial charge >= 0.3 is 0 Å². The van der Waals surface area contributed by atoms with Crippen LogP contribution in [0.25, 0.3) is 0 Å². The Morgan fingerprint density at radius 2 is 2.05 bits per heavy atom. The van der Waals surface area contributed by atoms with Crippen molar-refractivity contribution in [2.75, 3.05) is 13.7 Å². The Labute approximate surface area is 119 Å². The highest BCUT2D eigenvalue weighted by Crippen LogP contribution is 2.37. The summed E-state index contributed by atoms with van der Waals surface area (Å²) in [4.78, 5) is 0. The van der Waals surface area contributed by atoms with Gasteiger partial charge in [-0.25, -0.2) is 4.39 Å². The van der Waals surface area contributed by atoms with Crippen LogP contribution >= 0.6 is 11.6 Å². The van der Waals surface area contributed by atoms with Crippen molar-refractivity contribution in [2.45, 2.75) is 31.6 Å². The second kappa shape index (κ2) is 7.06. The highest BCUT2D eigenvalue weighted by atomic mass is 35.5. The molecule has 1 aliphatic carbocycles. The standard InChI is InChI=1S/C16H20ClFO/c1-19-10-2-3-12-4-6-13(7-5-12)14-8-9-15(17)16(18)11-14/h2-3,8-9,11-13H,4-7,10H2,1H3. The molecule has 0 unspecified atom stereocenters. The van der Waals surface area contributed by atoms with Gasteiger partial charge in [0.2, 0.25) is 0 Å². The van der Waals surface area contributed by atoms with Crippen molar-refractivity contribution in [2.24, 2.45) is 5.92 Å². The van der Waals surface area contributed by atoms with E-state index >= 15 is 0 Å². The van der Waals surface area contributed by atoms with E-state index in [1.54, 1.807) is 19.2 Å². The number of methoxy groups -OCH3 is 1. The molecule has 1 aromatic rings. The zero-order valence-corrected chi connectivity index (χ0v) is 12.0. The third-order valence-electron chi connectivity index (χ3n) is 3.86. The quantitative estimate of drug-likeness (QED) is 0.710. The summed E-state index contributed by atoms with van der Waals surface area (Å²) < 4.78 is 18.5. The molecule has 0 atom stereocenters. The maximum atomic E-state index is 13.5. The molecule has 0 spiro atoms. The molecule has 1 aliphatic rings. The zero-order chi connectivity index (χ0) is 13.7. The van der Waals surface area contributed by atoms with Gasteiger partial charge in [-0.2, -0.15) is 0 Å². The summed E-state index contributed by atoms with van der Waals surface area (Å²) in [5.41, 5.74) is 1.08. The fourth-order valence-electron chi connectivity index (χ4n) is 2.76. The molecule has 104 valence electrons. The molecule has 1 nitrogen and oxygen atoms in total. The molecule has 3 heteroatoms. The number of hydrogen-bond donors (Lipinski definition) is 0. The van der Waals surface area contributed by atoms with Crippen LogP contribution < -0.4 is 0 Å². The van der Waals surface area contributed by atoms with E-state index in [1.165, 1.54) is 0 Å². The maximum absolute atomic E-state index is 13.5. The fraction of sp³-hybridized carbons (Fsp3) is 0.500. The van der Waals surface area contributed by atoms with Gasteiger partial charge in [0.25, 0.3) is 0 Å². The van der Waals surface area contributed by atoms with Crippen LogP contribution in [0.2, 0.25) is 5.02 Å². The Balaban J connectivity index is 1.90. The van der Waals surface area contributed by atoms with E-state index in [1.807, 2.05) is 6.07 Å². The number of benzene rings is 1. The van der Waals surface area contributed by atoms with Gasteiger partial charge in [-0.1, -0.05) is 29.8 Å². The lowest BCUT2D eigenvalue weighted by atomic mass is 9.78. The molecule has 0 radical (unpaired) electrons. The first-order valence-electron chi connectivity index (χ1n) is 6.81. The summed E-state index contributed by atoms with van der Waals surface area (Å²) in [5.74, 6) is 0.809. The van der Waals surface area contributed by atoms with E-state index in [0.717, 1.165) is 31.2 Å². The van der Waals surface area contributed by atoms with Crippen molar-refractivity contribution in [3.63, 3.8) is 0 Å². The normalized spacial score (nSPS) is 23.9. The molecule has 0 aromatic heterocycles. The third-order valence-corrected chi connectivity index (χ3v) is 4.16. The lowest BCUT2D eigenvalue weighted by Crippen LogP contribution is -2.12. The summed E-state index contributed by atoms with van der Waals surface area (Å²) in [6.07, 6.45) is 8.89. The summed E-state index contributed by atoms with van der Waals surface area (Å²) in [7, 11) is 1.70. The van der Waals surface area contributed by atoms with Crippen LogP contribution in [0.3, 0.4) is 0 Å². The van der Waals surface area contributed by atoms with Crippen molar-refractivity contribution in [1.82, 2.24) is 0 Å². The van der Waals surface area contributed by atoms with Gasteiger partial charge in [0.1, 0.15) is 5.82 Å². The summed E-state index contributed by atoms with van der Waals surface area (Å²) in [6.45, 7) is 0.683. The van der Waals surface area contributed by atoms with Crippen LogP contribution in [0, 0.1) is 11.7 Å². The van der Waals surface area contributed by atoms with E-state index in [9.17, 15) is 4.39 Å². The number of halogens is 2. The summed E-state index contributed by atoms with van der Waals surface area (Å²) >= 11 is 5.72.